The molecule has 2 N–H and O–H groups in total. The van der Waals surface area contributed by atoms with Gasteiger partial charge in [0.05, 0.1) is 0 Å². The van der Waals surface area contributed by atoms with Gasteiger partial charge in [0.1, 0.15) is 0 Å². The monoisotopic (exact) mass is 238 g/mol. The Morgan fingerprint density at radius 1 is 1.29 bits per heavy atom. The Morgan fingerprint density at radius 3 is 2.65 bits per heavy atom. The normalized spacial score (nSPS) is 19.1. The van der Waals surface area contributed by atoms with Crippen molar-refractivity contribution in [2.75, 3.05) is 24.5 Å². The van der Waals surface area contributed by atoms with Crippen LogP contribution in [-0.2, 0) is 0 Å². The molecule has 1 saturated heterocycles. The van der Waals surface area contributed by atoms with Crippen LogP contribution in [-0.4, -0.2) is 29.8 Å². The molecular formula is C12H22N4O. The first kappa shape index (κ1) is 12.4. The zero-order chi connectivity index (χ0) is 12.1. The molecule has 1 atom stereocenters. The maximum atomic E-state index is 5.54. The van der Waals surface area contributed by atoms with Crippen LogP contribution in [0.5, 0.6) is 0 Å². The molecule has 1 aromatic heterocycles. The van der Waals surface area contributed by atoms with Crippen molar-refractivity contribution in [1.82, 2.24) is 10.1 Å². The first-order chi connectivity index (χ1) is 8.31. The summed E-state index contributed by atoms with van der Waals surface area (Å²) in [4.78, 5) is 6.72. The number of anilines is 1. The fraction of sp³-hybridized carbons (Fsp3) is 0.833. The molecule has 1 aliphatic rings. The number of nitrogens with zero attached hydrogens (tertiary/aromatic N) is 3. The summed E-state index contributed by atoms with van der Waals surface area (Å²) in [5.41, 5.74) is 5.54. The Balaban J connectivity index is 2.01. The van der Waals surface area contributed by atoms with Crippen molar-refractivity contribution in [2.45, 2.75) is 44.9 Å². The van der Waals surface area contributed by atoms with E-state index in [9.17, 15) is 0 Å². The fourth-order valence-corrected chi connectivity index (χ4v) is 2.20. The van der Waals surface area contributed by atoms with Crippen LogP contribution in [0.15, 0.2) is 4.52 Å². The molecular weight excluding hydrogens is 216 g/mol. The van der Waals surface area contributed by atoms with Crippen LogP contribution < -0.4 is 10.6 Å². The van der Waals surface area contributed by atoms with Gasteiger partial charge in [-0.1, -0.05) is 19.8 Å². The molecule has 17 heavy (non-hydrogen) atoms. The van der Waals surface area contributed by atoms with Crippen LogP contribution in [0.25, 0.3) is 0 Å². The molecule has 5 heteroatoms. The third-order valence-corrected chi connectivity index (χ3v) is 3.34. The van der Waals surface area contributed by atoms with Crippen molar-refractivity contribution in [1.29, 1.82) is 0 Å². The van der Waals surface area contributed by atoms with E-state index in [-0.39, 0.29) is 5.92 Å². The summed E-state index contributed by atoms with van der Waals surface area (Å²) in [6, 6.07) is 0. The minimum atomic E-state index is 0.258. The van der Waals surface area contributed by atoms with Crippen LogP contribution >= 0.6 is 0 Å². The minimum Gasteiger partial charge on any atom is -0.338 e. The molecule has 2 heterocycles. The number of aromatic nitrogens is 2. The third kappa shape index (κ3) is 3.19. The summed E-state index contributed by atoms with van der Waals surface area (Å²) in [5.74, 6) is 1.73. The molecule has 1 aromatic rings. The zero-order valence-corrected chi connectivity index (χ0v) is 10.6. The molecule has 1 fully saturated rings. The van der Waals surface area contributed by atoms with E-state index in [1.807, 2.05) is 0 Å². The maximum absolute atomic E-state index is 5.54. The van der Waals surface area contributed by atoms with E-state index < -0.39 is 0 Å². The lowest BCUT2D eigenvalue weighted by Crippen LogP contribution is -2.25. The van der Waals surface area contributed by atoms with Gasteiger partial charge in [-0.2, -0.15) is 4.98 Å². The van der Waals surface area contributed by atoms with Crippen LogP contribution in [0.4, 0.5) is 5.95 Å². The average Bonchev–Trinajstić information content (AvgIpc) is 2.66. The second kappa shape index (κ2) is 6.00. The highest BCUT2D eigenvalue weighted by molar-refractivity contribution is 5.28. The number of nitrogens with two attached hydrogens (primary N) is 1. The number of hydrogen-bond donors (Lipinski definition) is 1. The summed E-state index contributed by atoms with van der Waals surface area (Å²) in [5, 5.41) is 4.08. The van der Waals surface area contributed by atoms with Gasteiger partial charge in [-0.05, 0) is 31.0 Å². The Hall–Kier alpha value is -1.10. The highest BCUT2D eigenvalue weighted by Crippen LogP contribution is 2.21. The molecule has 0 aromatic carbocycles. The molecule has 2 rings (SSSR count). The molecule has 0 radical (unpaired) electrons. The Morgan fingerprint density at radius 2 is 2.00 bits per heavy atom. The predicted molar refractivity (Wildman–Crippen MR) is 67.1 cm³/mol. The quantitative estimate of drug-likeness (QED) is 0.867. The largest absolute Gasteiger partial charge is 0.338 e. The molecule has 0 spiro atoms. The minimum absolute atomic E-state index is 0.258. The standard InChI is InChI=1S/C12H22N4O/c1-10(6-7-13)11-14-12(15-17-11)16-8-4-2-3-5-9-16/h10H,2-9,13H2,1H3. The van der Waals surface area contributed by atoms with Crippen LogP contribution in [0.1, 0.15) is 50.8 Å². The van der Waals surface area contributed by atoms with Gasteiger partial charge < -0.3 is 15.2 Å². The SMILES string of the molecule is CC(CCN)c1nc(N2CCCCCC2)no1. The third-order valence-electron chi connectivity index (χ3n) is 3.34. The Bertz CT molecular complexity index is 331. The summed E-state index contributed by atoms with van der Waals surface area (Å²) in [6.07, 6.45) is 5.96. The van der Waals surface area contributed by atoms with Crippen molar-refractivity contribution < 1.29 is 4.52 Å². The van der Waals surface area contributed by atoms with Gasteiger partial charge in [0.25, 0.3) is 5.95 Å². The molecule has 0 aliphatic carbocycles. The highest BCUT2D eigenvalue weighted by Gasteiger charge is 2.18. The average molecular weight is 238 g/mol. The van der Waals surface area contributed by atoms with E-state index in [0.717, 1.165) is 31.3 Å². The van der Waals surface area contributed by atoms with Crippen molar-refractivity contribution in [2.24, 2.45) is 5.73 Å². The summed E-state index contributed by atoms with van der Waals surface area (Å²) in [6.45, 7) is 4.82. The molecule has 0 saturated carbocycles. The molecule has 1 unspecified atom stereocenters. The lowest BCUT2D eigenvalue weighted by Gasteiger charge is -2.16. The number of rotatable bonds is 4. The van der Waals surface area contributed by atoms with Gasteiger partial charge >= 0.3 is 0 Å². The molecule has 0 bridgehead atoms. The molecule has 96 valence electrons. The topological polar surface area (TPSA) is 68.2 Å². The van der Waals surface area contributed by atoms with Gasteiger partial charge in [0.2, 0.25) is 5.89 Å². The first-order valence-electron chi connectivity index (χ1n) is 6.60. The first-order valence-corrected chi connectivity index (χ1v) is 6.60. The van der Waals surface area contributed by atoms with E-state index >= 15 is 0 Å². The zero-order valence-electron chi connectivity index (χ0n) is 10.6. The smallest absolute Gasteiger partial charge is 0.266 e. The molecule has 0 amide bonds. The van der Waals surface area contributed by atoms with Crippen LogP contribution in [0.2, 0.25) is 0 Å². The van der Waals surface area contributed by atoms with Crippen LogP contribution in [0, 0.1) is 0 Å². The molecule has 5 nitrogen and oxygen atoms in total. The predicted octanol–water partition coefficient (Wildman–Crippen LogP) is 1.90. The van der Waals surface area contributed by atoms with Gasteiger partial charge in [0, 0.05) is 19.0 Å². The van der Waals surface area contributed by atoms with Crippen LogP contribution in [0.3, 0.4) is 0 Å². The second-order valence-corrected chi connectivity index (χ2v) is 4.81. The lowest BCUT2D eigenvalue weighted by molar-refractivity contribution is 0.354. The van der Waals surface area contributed by atoms with Gasteiger partial charge in [-0.3, -0.25) is 0 Å². The van der Waals surface area contributed by atoms with E-state index in [4.69, 9.17) is 10.3 Å². The number of hydrogen-bond acceptors (Lipinski definition) is 5. The van der Waals surface area contributed by atoms with Crippen molar-refractivity contribution in [3.05, 3.63) is 5.89 Å². The van der Waals surface area contributed by atoms with Crippen molar-refractivity contribution in [3.63, 3.8) is 0 Å². The van der Waals surface area contributed by atoms with Crippen molar-refractivity contribution >= 4 is 5.95 Å². The fourth-order valence-electron chi connectivity index (χ4n) is 2.20. The Labute approximate surface area is 102 Å². The second-order valence-electron chi connectivity index (χ2n) is 4.81. The molecule has 1 aliphatic heterocycles. The van der Waals surface area contributed by atoms with E-state index in [0.29, 0.717) is 6.54 Å². The van der Waals surface area contributed by atoms with Crippen molar-refractivity contribution in [3.8, 4) is 0 Å². The summed E-state index contributed by atoms with van der Waals surface area (Å²) < 4.78 is 5.31. The Kier molecular flexibility index (Phi) is 4.36. The van der Waals surface area contributed by atoms with Gasteiger partial charge in [0.15, 0.2) is 0 Å². The summed E-state index contributed by atoms with van der Waals surface area (Å²) in [7, 11) is 0. The van der Waals surface area contributed by atoms with E-state index in [1.54, 1.807) is 0 Å². The van der Waals surface area contributed by atoms with E-state index in [1.165, 1.54) is 25.7 Å². The highest BCUT2D eigenvalue weighted by atomic mass is 16.5. The summed E-state index contributed by atoms with van der Waals surface area (Å²) >= 11 is 0. The van der Waals surface area contributed by atoms with Gasteiger partial charge in [-0.15, -0.1) is 0 Å². The lowest BCUT2D eigenvalue weighted by atomic mass is 10.1. The maximum Gasteiger partial charge on any atom is 0.266 e. The van der Waals surface area contributed by atoms with E-state index in [2.05, 4.69) is 22.0 Å². The van der Waals surface area contributed by atoms with Gasteiger partial charge in [-0.25, -0.2) is 0 Å².